The third-order valence-corrected chi connectivity index (χ3v) is 6.66. The van der Waals surface area contributed by atoms with Crippen molar-refractivity contribution in [1.29, 1.82) is 0 Å². The van der Waals surface area contributed by atoms with Gasteiger partial charge in [0.2, 0.25) is 0 Å². The van der Waals surface area contributed by atoms with E-state index in [0.29, 0.717) is 26.5 Å². The van der Waals surface area contributed by atoms with Crippen molar-refractivity contribution < 1.29 is 4.21 Å². The Balaban J connectivity index is 2.12. The van der Waals surface area contributed by atoms with Crippen LogP contribution in [0.2, 0.25) is 0 Å². The van der Waals surface area contributed by atoms with Gasteiger partial charge in [0.05, 0.1) is 0 Å². The molecule has 17 heavy (non-hydrogen) atoms. The third-order valence-electron chi connectivity index (χ3n) is 2.80. The summed E-state index contributed by atoms with van der Waals surface area (Å²) in [4.78, 5) is 0. The summed E-state index contributed by atoms with van der Waals surface area (Å²) in [6.07, 6.45) is 0. The third kappa shape index (κ3) is 2.37. The van der Waals surface area contributed by atoms with Gasteiger partial charge in [-0.2, -0.15) is 0 Å². The molecule has 1 aliphatic rings. The maximum atomic E-state index is 12.1. The summed E-state index contributed by atoms with van der Waals surface area (Å²) in [5.41, 5.74) is 2.53. The van der Waals surface area contributed by atoms with E-state index in [-0.39, 0.29) is 0 Å². The van der Waals surface area contributed by atoms with E-state index in [2.05, 4.69) is 36.4 Å². The number of fused-ring (bicyclic) bond motifs is 2. The first kappa shape index (κ1) is 11.2. The molecule has 0 spiro atoms. The first-order valence-electron chi connectivity index (χ1n) is 5.51. The minimum atomic E-state index is -0.781. The Morgan fingerprint density at radius 1 is 0.824 bits per heavy atom. The molecule has 0 aromatic heterocycles. The monoisotopic (exact) mass is 308 g/mol. The average Bonchev–Trinajstić information content (AvgIpc) is 2.31. The molecule has 0 N–H and O–H groups in total. The molecule has 3 rings (SSSR count). The molecule has 3 heteroatoms. The van der Waals surface area contributed by atoms with Crippen molar-refractivity contribution in [3.63, 3.8) is 0 Å². The number of hydrogen-bond acceptors (Lipinski definition) is 1. The van der Waals surface area contributed by atoms with Gasteiger partial charge in [-0.05, 0) is 0 Å². The predicted molar refractivity (Wildman–Crippen MR) is 73.5 cm³/mol. The molecule has 86 valence electrons. The average molecular weight is 307 g/mol. The van der Waals surface area contributed by atoms with Crippen LogP contribution in [0.4, 0.5) is 0 Å². The van der Waals surface area contributed by atoms with Crippen molar-refractivity contribution in [3.05, 3.63) is 59.7 Å². The zero-order valence-corrected chi connectivity index (χ0v) is 11.8. The molecular weight excluding hydrogens is 295 g/mol. The zero-order chi connectivity index (χ0) is 11.7. The molecule has 2 aromatic rings. The van der Waals surface area contributed by atoms with Gasteiger partial charge >= 0.3 is 110 Å². The van der Waals surface area contributed by atoms with Gasteiger partial charge in [-0.1, -0.05) is 0 Å². The van der Waals surface area contributed by atoms with Crippen molar-refractivity contribution in [2.24, 2.45) is 0 Å². The van der Waals surface area contributed by atoms with E-state index in [1.54, 1.807) is 0 Å². The second kappa shape index (κ2) is 4.77. The standard InChI is InChI=1S/C14H12OSSe/c15-16-9-11-5-1-3-7-13(11)17-14-8-4-2-6-12(14)10-16/h1-8H,9-10H2. The van der Waals surface area contributed by atoms with Gasteiger partial charge in [0, 0.05) is 0 Å². The number of benzene rings is 2. The Morgan fingerprint density at radius 3 is 1.82 bits per heavy atom. The molecule has 0 atom stereocenters. The second-order valence-corrected chi connectivity index (χ2v) is 7.78. The molecule has 0 bridgehead atoms. The van der Waals surface area contributed by atoms with Crippen LogP contribution in [0.1, 0.15) is 11.1 Å². The van der Waals surface area contributed by atoms with Gasteiger partial charge in [0.1, 0.15) is 0 Å². The quantitative estimate of drug-likeness (QED) is 0.666. The molecule has 2 aromatic carbocycles. The summed E-state index contributed by atoms with van der Waals surface area (Å²) >= 11 is 0.345. The van der Waals surface area contributed by atoms with Crippen LogP contribution in [0.25, 0.3) is 0 Å². The molecular formula is C14H12OSSe. The Hall–Kier alpha value is -0.891. The van der Waals surface area contributed by atoms with Crippen molar-refractivity contribution in [3.8, 4) is 0 Å². The van der Waals surface area contributed by atoms with Crippen LogP contribution in [0.5, 0.6) is 0 Å². The Bertz CT molecular complexity index is 530. The maximum absolute atomic E-state index is 12.1. The number of rotatable bonds is 0. The second-order valence-electron chi connectivity index (χ2n) is 4.05. The van der Waals surface area contributed by atoms with Gasteiger partial charge in [-0.25, -0.2) is 0 Å². The van der Waals surface area contributed by atoms with Crippen molar-refractivity contribution in [1.82, 2.24) is 0 Å². The van der Waals surface area contributed by atoms with Gasteiger partial charge in [0.15, 0.2) is 0 Å². The number of hydrogen-bond donors (Lipinski definition) is 0. The Kier molecular flexibility index (Phi) is 3.15. The first-order valence-corrected chi connectivity index (χ1v) is 8.72. The first-order chi connectivity index (χ1) is 8.33. The van der Waals surface area contributed by atoms with E-state index < -0.39 is 10.8 Å². The molecule has 0 saturated carbocycles. The van der Waals surface area contributed by atoms with Crippen molar-refractivity contribution in [2.45, 2.75) is 11.5 Å². The predicted octanol–water partition coefficient (Wildman–Crippen LogP) is 1.10. The van der Waals surface area contributed by atoms with Crippen LogP contribution < -0.4 is 8.92 Å². The summed E-state index contributed by atoms with van der Waals surface area (Å²) in [6, 6.07) is 16.8. The van der Waals surface area contributed by atoms with Crippen LogP contribution in [-0.4, -0.2) is 19.2 Å². The Labute approximate surface area is 110 Å². The minimum absolute atomic E-state index is 0.345. The van der Waals surface area contributed by atoms with Crippen molar-refractivity contribution >= 4 is 34.7 Å². The summed E-state index contributed by atoms with van der Waals surface area (Å²) in [6.45, 7) is 0. The topological polar surface area (TPSA) is 17.1 Å². The molecule has 0 saturated heterocycles. The van der Waals surface area contributed by atoms with Gasteiger partial charge in [0.25, 0.3) is 0 Å². The Morgan fingerprint density at radius 2 is 1.29 bits per heavy atom. The van der Waals surface area contributed by atoms with E-state index in [9.17, 15) is 4.21 Å². The fourth-order valence-corrected chi connectivity index (χ4v) is 5.92. The van der Waals surface area contributed by atoms with Crippen LogP contribution in [0, 0.1) is 0 Å². The molecule has 0 fully saturated rings. The fourth-order valence-electron chi connectivity index (χ4n) is 1.96. The molecule has 0 radical (unpaired) electrons. The van der Waals surface area contributed by atoms with Gasteiger partial charge in [-0.15, -0.1) is 0 Å². The van der Waals surface area contributed by atoms with Gasteiger partial charge < -0.3 is 0 Å². The van der Waals surface area contributed by atoms with Crippen LogP contribution in [0.3, 0.4) is 0 Å². The molecule has 1 aliphatic heterocycles. The fraction of sp³-hybridized carbons (Fsp3) is 0.143. The van der Waals surface area contributed by atoms with Crippen LogP contribution in [0.15, 0.2) is 48.5 Å². The van der Waals surface area contributed by atoms with E-state index >= 15 is 0 Å². The summed E-state index contributed by atoms with van der Waals surface area (Å²) in [7, 11) is -0.781. The zero-order valence-electron chi connectivity index (χ0n) is 9.26. The van der Waals surface area contributed by atoms with Crippen LogP contribution >= 0.6 is 0 Å². The van der Waals surface area contributed by atoms with Crippen molar-refractivity contribution in [2.75, 3.05) is 0 Å². The van der Waals surface area contributed by atoms with E-state index in [0.717, 1.165) is 0 Å². The van der Waals surface area contributed by atoms with Gasteiger partial charge in [-0.3, -0.25) is 0 Å². The summed E-state index contributed by atoms with van der Waals surface area (Å²) < 4.78 is 14.8. The molecule has 0 unspecified atom stereocenters. The summed E-state index contributed by atoms with van der Waals surface area (Å²) in [5, 5.41) is 0. The van der Waals surface area contributed by atoms with E-state index in [4.69, 9.17) is 0 Å². The van der Waals surface area contributed by atoms with E-state index in [1.165, 1.54) is 20.1 Å². The molecule has 0 aliphatic carbocycles. The van der Waals surface area contributed by atoms with Crippen LogP contribution in [-0.2, 0) is 22.3 Å². The molecule has 0 amide bonds. The molecule has 1 heterocycles. The summed E-state index contributed by atoms with van der Waals surface area (Å²) in [5.74, 6) is 1.40. The molecule has 1 nitrogen and oxygen atoms in total. The van der Waals surface area contributed by atoms with E-state index in [1.807, 2.05) is 12.1 Å². The SMILES string of the molecule is O=S1Cc2ccccc2[Se]c2ccccc2C1. The normalized spacial score (nSPS) is 15.5.